The molecule has 3 heterocycles. The van der Waals surface area contributed by atoms with E-state index in [4.69, 9.17) is 11.6 Å². The summed E-state index contributed by atoms with van der Waals surface area (Å²) in [5.74, 6) is 0.726. The lowest BCUT2D eigenvalue weighted by molar-refractivity contribution is 0.852. The minimum atomic E-state index is 0.250. The van der Waals surface area contributed by atoms with Crippen LogP contribution in [0.15, 0.2) is 24.5 Å². The lowest BCUT2D eigenvalue weighted by Crippen LogP contribution is -1.99. The normalized spacial score (nSPS) is 11.1. The molecule has 3 aromatic heterocycles. The molecule has 0 radical (unpaired) electrons. The van der Waals surface area contributed by atoms with Crippen molar-refractivity contribution in [1.82, 2.24) is 19.7 Å². The fourth-order valence-electron chi connectivity index (χ4n) is 1.57. The maximum Gasteiger partial charge on any atom is 0.225 e. The average Bonchev–Trinajstić information content (AvgIpc) is 2.83. The molecule has 0 atom stereocenters. The van der Waals surface area contributed by atoms with E-state index in [1.165, 1.54) is 4.88 Å². The maximum atomic E-state index is 5.89. The van der Waals surface area contributed by atoms with E-state index < -0.39 is 0 Å². The Bertz CT molecular complexity index is 644. The number of hydrogen-bond acceptors (Lipinski definition) is 4. The first kappa shape index (κ1) is 9.74. The summed E-state index contributed by atoms with van der Waals surface area (Å²) in [6.07, 6.45) is 3.55. The zero-order chi connectivity index (χ0) is 11.1. The van der Waals surface area contributed by atoms with E-state index >= 15 is 0 Å². The number of aryl methyl sites for hydroxylation is 1. The van der Waals surface area contributed by atoms with Gasteiger partial charge in [-0.3, -0.25) is 0 Å². The fraction of sp³-hybridized carbons (Fsp3) is 0.100. The van der Waals surface area contributed by atoms with Gasteiger partial charge in [-0.15, -0.1) is 11.3 Å². The summed E-state index contributed by atoms with van der Waals surface area (Å²) < 4.78 is 1.70. The molecule has 3 rings (SSSR count). The second-order valence-corrected chi connectivity index (χ2v) is 4.92. The van der Waals surface area contributed by atoms with Gasteiger partial charge in [0.25, 0.3) is 0 Å². The lowest BCUT2D eigenvalue weighted by Gasteiger charge is -2.01. The van der Waals surface area contributed by atoms with Crippen molar-refractivity contribution in [3.63, 3.8) is 0 Å². The summed E-state index contributed by atoms with van der Waals surface area (Å²) >= 11 is 7.49. The van der Waals surface area contributed by atoms with Gasteiger partial charge in [0.1, 0.15) is 4.83 Å². The van der Waals surface area contributed by atoms with Gasteiger partial charge in [-0.05, 0) is 30.7 Å². The number of rotatable bonds is 1. The van der Waals surface area contributed by atoms with Gasteiger partial charge in [0, 0.05) is 17.3 Å². The van der Waals surface area contributed by atoms with Crippen molar-refractivity contribution in [2.45, 2.75) is 6.92 Å². The third kappa shape index (κ3) is 1.48. The molecule has 0 aromatic carbocycles. The van der Waals surface area contributed by atoms with Crippen molar-refractivity contribution in [1.29, 1.82) is 0 Å². The third-order valence-corrected chi connectivity index (χ3v) is 3.30. The Hall–Kier alpha value is -1.46. The molecule has 0 aliphatic rings. The molecular formula is C10H7ClN4S. The number of hydrogen-bond donors (Lipinski definition) is 0. The van der Waals surface area contributed by atoms with Crippen molar-refractivity contribution in [3.05, 3.63) is 34.7 Å². The highest BCUT2D eigenvalue weighted by molar-refractivity contribution is 7.18. The molecule has 0 aliphatic carbocycles. The van der Waals surface area contributed by atoms with Crippen molar-refractivity contribution >= 4 is 33.2 Å². The Balaban J connectivity index is 2.38. The SMILES string of the molecule is Cc1cc2c(-n3cccn3)nc(Cl)nc2s1. The van der Waals surface area contributed by atoms with Gasteiger partial charge >= 0.3 is 0 Å². The average molecular weight is 251 g/mol. The summed E-state index contributed by atoms with van der Waals surface area (Å²) in [6.45, 7) is 2.03. The molecule has 0 N–H and O–H groups in total. The molecule has 3 aromatic rings. The minimum absolute atomic E-state index is 0.250. The van der Waals surface area contributed by atoms with Crippen LogP contribution in [0, 0.1) is 6.92 Å². The lowest BCUT2D eigenvalue weighted by atomic mass is 10.3. The number of aromatic nitrogens is 4. The van der Waals surface area contributed by atoms with Crippen LogP contribution in [0.3, 0.4) is 0 Å². The number of nitrogens with zero attached hydrogens (tertiary/aromatic N) is 4. The highest BCUT2D eigenvalue weighted by atomic mass is 35.5. The first-order valence-corrected chi connectivity index (χ1v) is 5.87. The first-order valence-electron chi connectivity index (χ1n) is 4.68. The molecule has 0 bridgehead atoms. The second kappa shape index (κ2) is 3.54. The van der Waals surface area contributed by atoms with Crippen molar-refractivity contribution < 1.29 is 0 Å². The number of fused-ring (bicyclic) bond motifs is 1. The van der Waals surface area contributed by atoms with Crippen LogP contribution in [-0.4, -0.2) is 19.7 Å². The topological polar surface area (TPSA) is 43.6 Å². The summed E-state index contributed by atoms with van der Waals surface area (Å²) in [5, 5.41) is 5.39. The summed E-state index contributed by atoms with van der Waals surface area (Å²) in [7, 11) is 0. The molecule has 0 unspecified atom stereocenters. The van der Waals surface area contributed by atoms with Gasteiger partial charge < -0.3 is 0 Å². The number of halogens is 1. The van der Waals surface area contributed by atoms with Crippen LogP contribution in [-0.2, 0) is 0 Å². The largest absolute Gasteiger partial charge is 0.225 e. The molecule has 0 saturated carbocycles. The molecule has 80 valence electrons. The Morgan fingerprint density at radius 1 is 1.38 bits per heavy atom. The van der Waals surface area contributed by atoms with Gasteiger partial charge in [-0.25, -0.2) is 9.67 Å². The molecule has 16 heavy (non-hydrogen) atoms. The van der Waals surface area contributed by atoms with E-state index in [-0.39, 0.29) is 5.28 Å². The predicted octanol–water partition coefficient (Wildman–Crippen LogP) is 2.84. The third-order valence-electron chi connectivity index (χ3n) is 2.19. The summed E-state index contributed by atoms with van der Waals surface area (Å²) in [6, 6.07) is 3.90. The van der Waals surface area contributed by atoms with Gasteiger partial charge in [0.15, 0.2) is 5.82 Å². The van der Waals surface area contributed by atoms with E-state index in [0.717, 1.165) is 16.0 Å². The molecule has 6 heteroatoms. The van der Waals surface area contributed by atoms with E-state index in [9.17, 15) is 0 Å². The Morgan fingerprint density at radius 3 is 3.00 bits per heavy atom. The van der Waals surface area contributed by atoms with Crippen molar-refractivity contribution in [3.8, 4) is 5.82 Å². The van der Waals surface area contributed by atoms with Crippen LogP contribution in [0.25, 0.3) is 16.0 Å². The monoisotopic (exact) mass is 250 g/mol. The second-order valence-electron chi connectivity index (χ2n) is 3.34. The first-order chi connectivity index (χ1) is 7.74. The fourth-order valence-corrected chi connectivity index (χ4v) is 2.66. The van der Waals surface area contributed by atoms with Gasteiger partial charge in [-0.2, -0.15) is 10.1 Å². The molecule has 0 amide bonds. The van der Waals surface area contributed by atoms with Gasteiger partial charge in [-0.1, -0.05) is 0 Å². The van der Waals surface area contributed by atoms with Crippen molar-refractivity contribution in [2.75, 3.05) is 0 Å². The van der Waals surface area contributed by atoms with Gasteiger partial charge in [0.05, 0.1) is 5.39 Å². The van der Waals surface area contributed by atoms with Crippen LogP contribution in [0.4, 0.5) is 0 Å². The van der Waals surface area contributed by atoms with E-state index in [1.54, 1.807) is 22.2 Å². The highest BCUT2D eigenvalue weighted by Crippen LogP contribution is 2.28. The van der Waals surface area contributed by atoms with E-state index in [0.29, 0.717) is 0 Å². The maximum absolute atomic E-state index is 5.89. The van der Waals surface area contributed by atoms with Crippen molar-refractivity contribution in [2.24, 2.45) is 0 Å². The molecule has 4 nitrogen and oxygen atoms in total. The number of thiophene rings is 1. The summed E-state index contributed by atoms with van der Waals surface area (Å²) in [5.41, 5.74) is 0. The van der Waals surface area contributed by atoms with Gasteiger partial charge in [0.2, 0.25) is 5.28 Å². The Morgan fingerprint density at radius 2 is 2.25 bits per heavy atom. The van der Waals surface area contributed by atoms with Crippen LogP contribution < -0.4 is 0 Å². The molecule has 0 aliphatic heterocycles. The zero-order valence-corrected chi connectivity index (χ0v) is 9.96. The smallest absolute Gasteiger partial charge is 0.222 e. The van der Waals surface area contributed by atoms with E-state index in [1.807, 2.05) is 25.3 Å². The molecular weight excluding hydrogens is 244 g/mol. The summed E-state index contributed by atoms with van der Waals surface area (Å²) in [4.78, 5) is 10.5. The van der Waals surface area contributed by atoms with Crippen LogP contribution >= 0.6 is 22.9 Å². The standard InChI is InChI=1S/C10H7ClN4S/c1-6-5-7-8(15-4-2-3-12-15)13-10(11)14-9(7)16-6/h2-5H,1H3. The quantitative estimate of drug-likeness (QED) is 0.624. The molecule has 0 spiro atoms. The molecule has 0 saturated heterocycles. The predicted molar refractivity (Wildman–Crippen MR) is 64.3 cm³/mol. The zero-order valence-electron chi connectivity index (χ0n) is 8.38. The molecule has 0 fully saturated rings. The van der Waals surface area contributed by atoms with Crippen LogP contribution in [0.1, 0.15) is 4.88 Å². The Labute approximate surface area is 101 Å². The van der Waals surface area contributed by atoms with Crippen LogP contribution in [0.2, 0.25) is 5.28 Å². The van der Waals surface area contributed by atoms with E-state index in [2.05, 4.69) is 15.1 Å². The minimum Gasteiger partial charge on any atom is -0.222 e. The Kier molecular flexibility index (Phi) is 2.15. The van der Waals surface area contributed by atoms with Crippen LogP contribution in [0.5, 0.6) is 0 Å². The highest BCUT2D eigenvalue weighted by Gasteiger charge is 2.11.